The number of nitrogens with zero attached hydrogens (tertiary/aromatic N) is 4. The molecule has 0 saturated carbocycles. The second-order valence-electron chi connectivity index (χ2n) is 8.55. The molecule has 4 rings (SSSR count). The van der Waals surface area contributed by atoms with Gasteiger partial charge in [0, 0.05) is 36.9 Å². The number of carbonyl (C=O) groups excluding carboxylic acids is 1. The molecule has 0 fully saturated rings. The molecular formula is C28H27BrN4O3. The molecule has 1 atom stereocenters. The number of halogens is 1. The average Bonchev–Trinajstić information content (AvgIpc) is 2.88. The molecule has 0 spiro atoms. The van der Waals surface area contributed by atoms with Crippen LogP contribution in [0.1, 0.15) is 27.6 Å². The number of likely N-dealkylation sites (N-methyl/N-ethyl adjacent to an activating group) is 1. The number of hydrogen-bond donors (Lipinski definition) is 2. The van der Waals surface area contributed by atoms with E-state index in [1.165, 1.54) is 23.2 Å². The van der Waals surface area contributed by atoms with Crippen molar-refractivity contribution >= 4 is 27.8 Å². The first-order valence-corrected chi connectivity index (χ1v) is 12.2. The van der Waals surface area contributed by atoms with E-state index in [0.717, 1.165) is 15.6 Å². The van der Waals surface area contributed by atoms with E-state index in [9.17, 15) is 15.0 Å². The second-order valence-corrected chi connectivity index (χ2v) is 9.40. The van der Waals surface area contributed by atoms with Gasteiger partial charge in [0.1, 0.15) is 5.75 Å². The zero-order valence-corrected chi connectivity index (χ0v) is 21.6. The Labute approximate surface area is 218 Å². The number of anilines is 1. The summed E-state index contributed by atoms with van der Waals surface area (Å²) in [6.07, 6.45) is 0.577. The molecule has 1 amide bonds. The maximum atomic E-state index is 13.5. The fourth-order valence-electron chi connectivity index (χ4n) is 3.88. The van der Waals surface area contributed by atoms with Gasteiger partial charge in [-0.15, -0.1) is 0 Å². The number of hydrogen-bond acceptors (Lipinski definition) is 6. The number of aliphatic hydroxyl groups is 1. The van der Waals surface area contributed by atoms with E-state index in [4.69, 9.17) is 4.98 Å². The molecule has 1 heterocycles. The van der Waals surface area contributed by atoms with Crippen molar-refractivity contribution in [3.8, 4) is 17.0 Å². The first kappa shape index (κ1) is 25.3. The summed E-state index contributed by atoms with van der Waals surface area (Å²) in [6, 6.07) is 24.0. The zero-order valence-electron chi connectivity index (χ0n) is 20.0. The van der Waals surface area contributed by atoms with Crippen LogP contribution in [-0.4, -0.2) is 51.6 Å². The van der Waals surface area contributed by atoms with E-state index in [1.54, 1.807) is 19.2 Å². The van der Waals surface area contributed by atoms with Gasteiger partial charge in [-0.05, 0) is 29.3 Å². The summed E-state index contributed by atoms with van der Waals surface area (Å²) < 4.78 is 0.803. The number of aliphatic hydroxyl groups excluding tert-OH is 1. The van der Waals surface area contributed by atoms with Gasteiger partial charge in [0.05, 0.1) is 23.9 Å². The quantitative estimate of drug-likeness (QED) is 0.321. The smallest absolute Gasteiger partial charge is 0.257 e. The normalized spacial score (nSPS) is 11.7. The van der Waals surface area contributed by atoms with E-state index in [2.05, 4.69) is 20.9 Å². The van der Waals surface area contributed by atoms with Gasteiger partial charge in [0.25, 0.3) is 5.91 Å². The monoisotopic (exact) mass is 546 g/mol. The summed E-state index contributed by atoms with van der Waals surface area (Å²) >= 11 is 3.58. The summed E-state index contributed by atoms with van der Waals surface area (Å²) in [6.45, 7) is 0.646. The van der Waals surface area contributed by atoms with Gasteiger partial charge >= 0.3 is 0 Å². The number of aromatic hydroxyl groups is 1. The van der Waals surface area contributed by atoms with Gasteiger partial charge in [0.15, 0.2) is 0 Å². The summed E-state index contributed by atoms with van der Waals surface area (Å²) in [5, 5.41) is 20.4. The summed E-state index contributed by atoms with van der Waals surface area (Å²) in [5.41, 5.74) is 3.22. The first-order chi connectivity index (χ1) is 17.3. The van der Waals surface area contributed by atoms with Gasteiger partial charge in [-0.2, -0.15) is 0 Å². The minimum absolute atomic E-state index is 0.0351. The van der Waals surface area contributed by atoms with Crippen LogP contribution in [0.15, 0.2) is 89.5 Å². The third-order valence-electron chi connectivity index (χ3n) is 5.79. The van der Waals surface area contributed by atoms with Gasteiger partial charge < -0.3 is 20.0 Å². The lowest BCUT2D eigenvalue weighted by atomic mass is 10.1. The fraction of sp³-hybridized carbons (Fsp3) is 0.179. The first-order valence-electron chi connectivity index (χ1n) is 11.4. The van der Waals surface area contributed by atoms with E-state index in [0.29, 0.717) is 29.3 Å². The number of phenolic OH excluding ortho intramolecular Hbond substituents is 1. The SMILES string of the molecule is CN(CC(O)c1cccc(O)c1)C(=O)c1cnc(N(C)Cc2ccccc2)nc1-c1ccccc1Br. The molecule has 0 radical (unpaired) electrons. The maximum absolute atomic E-state index is 13.5. The number of carbonyl (C=O) groups is 1. The van der Waals surface area contributed by atoms with Gasteiger partial charge in [-0.3, -0.25) is 4.79 Å². The lowest BCUT2D eigenvalue weighted by molar-refractivity contribution is 0.0681. The van der Waals surface area contributed by atoms with Gasteiger partial charge in [-0.25, -0.2) is 9.97 Å². The van der Waals surface area contributed by atoms with Crippen LogP contribution in [-0.2, 0) is 6.54 Å². The predicted octanol–water partition coefficient (Wildman–Crippen LogP) is 5.05. The minimum atomic E-state index is -0.963. The highest BCUT2D eigenvalue weighted by molar-refractivity contribution is 9.10. The van der Waals surface area contributed by atoms with Crippen LogP contribution in [0, 0.1) is 0 Å². The Bertz CT molecular complexity index is 1350. The van der Waals surface area contributed by atoms with E-state index in [-0.39, 0.29) is 18.2 Å². The van der Waals surface area contributed by atoms with Crippen molar-refractivity contribution in [3.63, 3.8) is 0 Å². The molecule has 0 saturated heterocycles. The Balaban J connectivity index is 1.65. The van der Waals surface area contributed by atoms with Crippen molar-refractivity contribution in [2.75, 3.05) is 25.5 Å². The van der Waals surface area contributed by atoms with Crippen molar-refractivity contribution in [3.05, 3.63) is 106 Å². The highest BCUT2D eigenvalue weighted by Crippen LogP contribution is 2.31. The third-order valence-corrected chi connectivity index (χ3v) is 6.48. The lowest BCUT2D eigenvalue weighted by Gasteiger charge is -2.23. The van der Waals surface area contributed by atoms with Crippen molar-refractivity contribution in [1.82, 2.24) is 14.9 Å². The summed E-state index contributed by atoms with van der Waals surface area (Å²) in [4.78, 5) is 26.2. The highest BCUT2D eigenvalue weighted by Gasteiger charge is 2.23. The Morgan fingerprint density at radius 2 is 1.72 bits per heavy atom. The van der Waals surface area contributed by atoms with E-state index in [1.807, 2.05) is 66.5 Å². The molecule has 4 aromatic rings. The molecule has 3 aromatic carbocycles. The summed E-state index contributed by atoms with van der Waals surface area (Å²) in [5.74, 6) is 0.223. The van der Waals surface area contributed by atoms with E-state index < -0.39 is 6.10 Å². The largest absolute Gasteiger partial charge is 0.508 e. The Morgan fingerprint density at radius 3 is 2.44 bits per heavy atom. The number of amides is 1. The Hall–Kier alpha value is -3.75. The van der Waals surface area contributed by atoms with Gasteiger partial charge in [0.2, 0.25) is 5.95 Å². The van der Waals surface area contributed by atoms with Crippen molar-refractivity contribution in [2.24, 2.45) is 0 Å². The number of rotatable bonds is 8. The number of benzene rings is 3. The van der Waals surface area contributed by atoms with Crippen LogP contribution in [0.4, 0.5) is 5.95 Å². The molecular weight excluding hydrogens is 520 g/mol. The van der Waals surface area contributed by atoms with Crippen molar-refractivity contribution < 1.29 is 15.0 Å². The van der Waals surface area contributed by atoms with Crippen LogP contribution in [0.2, 0.25) is 0 Å². The lowest BCUT2D eigenvalue weighted by Crippen LogP contribution is -2.32. The van der Waals surface area contributed by atoms with Crippen molar-refractivity contribution in [2.45, 2.75) is 12.6 Å². The molecule has 0 aliphatic rings. The molecule has 2 N–H and O–H groups in total. The van der Waals surface area contributed by atoms with Crippen molar-refractivity contribution in [1.29, 1.82) is 0 Å². The number of aromatic nitrogens is 2. The standard InChI is InChI=1S/C28H27BrN4O3/c1-32(18-25(35)20-11-8-12-21(34)15-20)27(36)23-16-30-28(33(2)17-19-9-4-3-5-10-19)31-26(23)22-13-6-7-14-24(22)29/h3-16,25,34-35H,17-18H2,1-2H3. The number of phenols is 1. The molecule has 0 aliphatic heterocycles. The highest BCUT2D eigenvalue weighted by atomic mass is 79.9. The third kappa shape index (κ3) is 5.90. The molecule has 0 bridgehead atoms. The molecule has 8 heteroatoms. The molecule has 1 aromatic heterocycles. The zero-order chi connectivity index (χ0) is 25.7. The second kappa shape index (κ2) is 11.3. The Kier molecular flexibility index (Phi) is 7.97. The molecule has 7 nitrogen and oxygen atoms in total. The average molecular weight is 547 g/mol. The topological polar surface area (TPSA) is 89.8 Å². The molecule has 36 heavy (non-hydrogen) atoms. The summed E-state index contributed by atoms with van der Waals surface area (Å²) in [7, 11) is 3.53. The van der Waals surface area contributed by atoms with Gasteiger partial charge in [-0.1, -0.05) is 76.6 Å². The molecule has 1 unspecified atom stereocenters. The van der Waals surface area contributed by atoms with Crippen LogP contribution in [0.25, 0.3) is 11.3 Å². The predicted molar refractivity (Wildman–Crippen MR) is 144 cm³/mol. The van der Waals surface area contributed by atoms with E-state index >= 15 is 0 Å². The van der Waals surface area contributed by atoms with Crippen LogP contribution >= 0.6 is 15.9 Å². The van der Waals surface area contributed by atoms with Crippen LogP contribution < -0.4 is 4.90 Å². The van der Waals surface area contributed by atoms with Crippen LogP contribution in [0.3, 0.4) is 0 Å². The van der Waals surface area contributed by atoms with Crippen LogP contribution in [0.5, 0.6) is 5.75 Å². The molecule has 0 aliphatic carbocycles. The fourth-order valence-corrected chi connectivity index (χ4v) is 4.36. The maximum Gasteiger partial charge on any atom is 0.257 e. The minimum Gasteiger partial charge on any atom is -0.508 e. The molecule has 184 valence electrons. The Morgan fingerprint density at radius 1 is 1.00 bits per heavy atom.